The van der Waals surface area contributed by atoms with E-state index in [0.717, 1.165) is 10.4 Å². The molecule has 1 aliphatic rings. The molecule has 3 aromatic rings. The maximum atomic E-state index is 12.9. The predicted molar refractivity (Wildman–Crippen MR) is 98.2 cm³/mol. The number of carbonyl (C=O) groups excluding carboxylic acids is 2. The first-order chi connectivity index (χ1) is 12.5. The summed E-state index contributed by atoms with van der Waals surface area (Å²) in [6, 6.07) is 12.9. The normalized spacial score (nSPS) is 18.9. The number of aromatic nitrogens is 2. The fourth-order valence-corrected chi connectivity index (χ4v) is 3.71. The number of amides is 1. The van der Waals surface area contributed by atoms with Crippen LogP contribution in [0.2, 0.25) is 0 Å². The number of esters is 1. The molecule has 7 heteroatoms. The Hall–Kier alpha value is -2.93. The molecule has 1 atom stereocenters. The lowest BCUT2D eigenvalue weighted by atomic mass is 9.89. The Morgan fingerprint density at radius 3 is 2.96 bits per heavy atom. The second-order valence-electron chi connectivity index (χ2n) is 6.36. The van der Waals surface area contributed by atoms with Crippen LogP contribution in [0, 0.1) is 0 Å². The molecule has 2 aromatic heterocycles. The predicted octanol–water partition coefficient (Wildman–Crippen LogP) is 3.10. The number of hydrogen-bond donors (Lipinski definition) is 1. The lowest BCUT2D eigenvalue weighted by Gasteiger charge is -2.33. The van der Waals surface area contributed by atoms with Crippen molar-refractivity contribution in [3.05, 3.63) is 70.0 Å². The van der Waals surface area contributed by atoms with Crippen LogP contribution in [0.15, 0.2) is 54.0 Å². The van der Waals surface area contributed by atoms with E-state index in [-0.39, 0.29) is 5.91 Å². The largest absolute Gasteiger partial charge is 0.445 e. The van der Waals surface area contributed by atoms with E-state index in [0.29, 0.717) is 24.3 Å². The molecule has 0 spiro atoms. The molecule has 1 aromatic carbocycles. The second-order valence-corrected chi connectivity index (χ2v) is 7.39. The third kappa shape index (κ3) is 3.01. The highest BCUT2D eigenvalue weighted by molar-refractivity contribution is 7.09. The summed E-state index contributed by atoms with van der Waals surface area (Å²) in [4.78, 5) is 26.3. The zero-order valence-electron chi connectivity index (χ0n) is 14.1. The molecule has 0 radical (unpaired) electrons. The number of nitrogens with one attached hydrogen (secondary N) is 1. The summed E-state index contributed by atoms with van der Waals surface area (Å²) in [7, 11) is 0. The Morgan fingerprint density at radius 1 is 1.31 bits per heavy atom. The molecular weight excluding hydrogens is 350 g/mol. The van der Waals surface area contributed by atoms with Gasteiger partial charge in [0.05, 0.1) is 18.3 Å². The smallest absolute Gasteiger partial charge is 0.339 e. The van der Waals surface area contributed by atoms with Crippen LogP contribution in [-0.2, 0) is 22.5 Å². The highest BCUT2D eigenvalue weighted by Gasteiger charge is 2.42. The monoisotopic (exact) mass is 367 g/mol. The van der Waals surface area contributed by atoms with Crippen molar-refractivity contribution >= 4 is 29.0 Å². The lowest BCUT2D eigenvalue weighted by molar-refractivity contribution is -0.134. The van der Waals surface area contributed by atoms with E-state index in [1.54, 1.807) is 47.3 Å². The molecule has 0 aliphatic carbocycles. The van der Waals surface area contributed by atoms with Gasteiger partial charge in [0.1, 0.15) is 5.82 Å². The van der Waals surface area contributed by atoms with Gasteiger partial charge in [0.2, 0.25) is 0 Å². The van der Waals surface area contributed by atoms with Gasteiger partial charge in [-0.15, -0.1) is 11.3 Å². The number of fused-ring (bicyclic) bond motifs is 1. The average Bonchev–Trinajstić information content (AvgIpc) is 3.28. The molecule has 26 heavy (non-hydrogen) atoms. The van der Waals surface area contributed by atoms with Gasteiger partial charge in [0.15, 0.2) is 5.60 Å². The molecule has 1 unspecified atom stereocenters. The molecule has 3 heterocycles. The minimum atomic E-state index is -1.26. The summed E-state index contributed by atoms with van der Waals surface area (Å²) in [6.45, 7) is 2.20. The van der Waals surface area contributed by atoms with Crippen LogP contribution in [0.25, 0.3) is 0 Å². The summed E-state index contributed by atoms with van der Waals surface area (Å²) in [5.74, 6) is -0.274. The van der Waals surface area contributed by atoms with Crippen molar-refractivity contribution in [3.63, 3.8) is 0 Å². The number of hydrogen-bond acceptors (Lipinski definition) is 5. The van der Waals surface area contributed by atoms with Gasteiger partial charge in [-0.2, -0.15) is 5.10 Å². The third-order valence-corrected chi connectivity index (χ3v) is 5.27. The zero-order valence-corrected chi connectivity index (χ0v) is 15.0. The SMILES string of the molecule is CC1(C(=O)Nc2ccnn2Cc2cccs2)Cc2ccccc2C(=O)O1. The fourth-order valence-electron chi connectivity index (χ4n) is 3.02. The summed E-state index contributed by atoms with van der Waals surface area (Å²) in [5.41, 5.74) is 0.0673. The van der Waals surface area contributed by atoms with Crippen LogP contribution in [0.1, 0.15) is 27.7 Å². The summed E-state index contributed by atoms with van der Waals surface area (Å²) < 4.78 is 7.19. The quantitative estimate of drug-likeness (QED) is 0.719. The van der Waals surface area contributed by atoms with E-state index >= 15 is 0 Å². The van der Waals surface area contributed by atoms with Gasteiger partial charge in [-0.25, -0.2) is 9.48 Å². The van der Waals surface area contributed by atoms with E-state index in [1.807, 2.05) is 29.6 Å². The Morgan fingerprint density at radius 2 is 2.15 bits per heavy atom. The zero-order chi connectivity index (χ0) is 18.1. The lowest BCUT2D eigenvalue weighted by Crippen LogP contribution is -2.49. The van der Waals surface area contributed by atoms with Gasteiger partial charge in [-0.1, -0.05) is 24.3 Å². The summed E-state index contributed by atoms with van der Waals surface area (Å²) in [5, 5.41) is 9.11. The molecule has 1 amide bonds. The number of carbonyl (C=O) groups is 2. The highest BCUT2D eigenvalue weighted by atomic mass is 32.1. The molecule has 132 valence electrons. The molecule has 0 saturated heterocycles. The molecular formula is C19H17N3O3S. The van der Waals surface area contributed by atoms with Crippen LogP contribution in [0.5, 0.6) is 0 Å². The van der Waals surface area contributed by atoms with Crippen LogP contribution in [-0.4, -0.2) is 27.3 Å². The van der Waals surface area contributed by atoms with Crippen LogP contribution < -0.4 is 5.32 Å². The van der Waals surface area contributed by atoms with E-state index in [9.17, 15) is 9.59 Å². The first-order valence-electron chi connectivity index (χ1n) is 8.22. The fraction of sp³-hybridized carbons (Fsp3) is 0.211. The second kappa shape index (κ2) is 6.42. The molecule has 0 saturated carbocycles. The van der Waals surface area contributed by atoms with Crippen molar-refractivity contribution in [2.45, 2.75) is 25.5 Å². The number of anilines is 1. The molecule has 1 N–H and O–H groups in total. The average molecular weight is 367 g/mol. The molecule has 6 nitrogen and oxygen atoms in total. The van der Waals surface area contributed by atoms with Crippen molar-refractivity contribution in [1.29, 1.82) is 0 Å². The molecule has 4 rings (SSSR count). The molecule has 0 fully saturated rings. The minimum absolute atomic E-state index is 0.333. The standard InChI is InChI=1S/C19H17N3O3S/c1-19(11-13-5-2-3-7-15(13)17(23)25-19)18(24)21-16-8-9-20-22(16)12-14-6-4-10-26-14/h2-10H,11-12H2,1H3,(H,21,24). The number of cyclic esters (lactones) is 1. The summed E-state index contributed by atoms with van der Waals surface area (Å²) in [6.07, 6.45) is 1.97. The van der Waals surface area contributed by atoms with Crippen LogP contribution in [0.4, 0.5) is 5.82 Å². The first kappa shape index (κ1) is 16.5. The Bertz CT molecular complexity index is 964. The molecule has 1 aliphatic heterocycles. The number of ether oxygens (including phenoxy) is 1. The van der Waals surface area contributed by atoms with E-state index in [1.165, 1.54) is 0 Å². The third-order valence-electron chi connectivity index (χ3n) is 4.41. The number of nitrogens with zero attached hydrogens (tertiary/aromatic N) is 2. The Labute approximate surface area is 154 Å². The van der Waals surface area contributed by atoms with E-state index < -0.39 is 11.6 Å². The Balaban J connectivity index is 1.54. The van der Waals surface area contributed by atoms with Crippen molar-refractivity contribution in [1.82, 2.24) is 9.78 Å². The van der Waals surface area contributed by atoms with Crippen LogP contribution in [0.3, 0.4) is 0 Å². The first-order valence-corrected chi connectivity index (χ1v) is 9.10. The topological polar surface area (TPSA) is 73.2 Å². The number of rotatable bonds is 4. The number of benzene rings is 1. The van der Waals surface area contributed by atoms with Gasteiger partial charge in [-0.05, 0) is 30.0 Å². The van der Waals surface area contributed by atoms with Gasteiger partial charge < -0.3 is 10.1 Å². The van der Waals surface area contributed by atoms with Crippen molar-refractivity contribution in [2.24, 2.45) is 0 Å². The van der Waals surface area contributed by atoms with Crippen molar-refractivity contribution in [3.8, 4) is 0 Å². The molecule has 0 bridgehead atoms. The van der Waals surface area contributed by atoms with E-state index in [4.69, 9.17) is 4.74 Å². The van der Waals surface area contributed by atoms with E-state index in [2.05, 4.69) is 10.4 Å². The van der Waals surface area contributed by atoms with Gasteiger partial charge >= 0.3 is 5.97 Å². The minimum Gasteiger partial charge on any atom is -0.445 e. The highest BCUT2D eigenvalue weighted by Crippen LogP contribution is 2.29. The summed E-state index contributed by atoms with van der Waals surface area (Å²) >= 11 is 1.63. The maximum Gasteiger partial charge on any atom is 0.339 e. The maximum absolute atomic E-state index is 12.9. The Kier molecular flexibility index (Phi) is 4.08. The van der Waals surface area contributed by atoms with Crippen LogP contribution >= 0.6 is 11.3 Å². The van der Waals surface area contributed by atoms with Gasteiger partial charge in [-0.3, -0.25) is 4.79 Å². The number of thiophene rings is 1. The van der Waals surface area contributed by atoms with Gasteiger partial charge in [0.25, 0.3) is 5.91 Å². The van der Waals surface area contributed by atoms with Crippen molar-refractivity contribution < 1.29 is 14.3 Å². The van der Waals surface area contributed by atoms with Crippen molar-refractivity contribution in [2.75, 3.05) is 5.32 Å². The van der Waals surface area contributed by atoms with Gasteiger partial charge in [0, 0.05) is 17.4 Å².